The van der Waals surface area contributed by atoms with Crippen LogP contribution in [-0.2, 0) is 4.79 Å². The summed E-state index contributed by atoms with van der Waals surface area (Å²) >= 11 is 0. The predicted molar refractivity (Wildman–Crippen MR) is 81.4 cm³/mol. The molecule has 7 nitrogen and oxygen atoms in total. The third-order valence-corrected chi connectivity index (χ3v) is 4.56. The van der Waals surface area contributed by atoms with Crippen molar-refractivity contribution in [3.63, 3.8) is 0 Å². The van der Waals surface area contributed by atoms with Crippen molar-refractivity contribution in [1.82, 2.24) is 25.0 Å². The Balaban J connectivity index is 1.50. The van der Waals surface area contributed by atoms with Gasteiger partial charge in [-0.25, -0.2) is 4.98 Å². The Hall–Kier alpha value is -1.47. The molecule has 0 spiro atoms. The van der Waals surface area contributed by atoms with Crippen LogP contribution in [0, 0.1) is 6.92 Å². The number of carbonyl (C=O) groups excluding carboxylic acids is 1. The molecule has 0 saturated carbocycles. The van der Waals surface area contributed by atoms with Gasteiger partial charge in [-0.05, 0) is 32.7 Å². The molecule has 2 atom stereocenters. The molecular formula is C15H25N5O2. The number of hydrogen-bond donors (Lipinski definition) is 2. The molecule has 1 aromatic heterocycles. The van der Waals surface area contributed by atoms with Gasteiger partial charge < -0.3 is 10.0 Å². The Kier molecular flexibility index (Phi) is 4.73. The molecule has 2 N–H and O–H groups in total. The SMILES string of the molecule is Cc1nc(C2CCCN(CC(O)CN3CCCC3=O)C2)n[nH]1. The van der Waals surface area contributed by atoms with Gasteiger partial charge in [0.15, 0.2) is 5.82 Å². The van der Waals surface area contributed by atoms with Gasteiger partial charge in [-0.15, -0.1) is 0 Å². The zero-order valence-corrected chi connectivity index (χ0v) is 13.2. The summed E-state index contributed by atoms with van der Waals surface area (Å²) in [6.45, 7) is 5.64. The van der Waals surface area contributed by atoms with Crippen LogP contribution in [0.15, 0.2) is 0 Å². The van der Waals surface area contributed by atoms with Crippen LogP contribution in [0.1, 0.15) is 43.3 Å². The molecule has 3 heterocycles. The van der Waals surface area contributed by atoms with E-state index in [4.69, 9.17) is 0 Å². The number of carbonyl (C=O) groups is 1. The van der Waals surface area contributed by atoms with E-state index in [0.29, 0.717) is 25.4 Å². The summed E-state index contributed by atoms with van der Waals surface area (Å²) in [7, 11) is 0. The number of hydrogen-bond acceptors (Lipinski definition) is 5. The lowest BCUT2D eigenvalue weighted by Crippen LogP contribution is -2.44. The number of aromatic amines is 1. The van der Waals surface area contributed by atoms with Gasteiger partial charge in [0.25, 0.3) is 0 Å². The lowest BCUT2D eigenvalue weighted by atomic mass is 9.97. The van der Waals surface area contributed by atoms with Crippen molar-refractivity contribution < 1.29 is 9.90 Å². The fourth-order valence-corrected chi connectivity index (χ4v) is 3.48. The van der Waals surface area contributed by atoms with Crippen molar-refractivity contribution in [2.75, 3.05) is 32.7 Å². The fraction of sp³-hybridized carbons (Fsp3) is 0.800. The average Bonchev–Trinajstić information content (AvgIpc) is 3.09. The van der Waals surface area contributed by atoms with Crippen molar-refractivity contribution >= 4 is 5.91 Å². The topological polar surface area (TPSA) is 85.3 Å². The largest absolute Gasteiger partial charge is 0.390 e. The van der Waals surface area contributed by atoms with Crippen LogP contribution in [0.2, 0.25) is 0 Å². The van der Waals surface area contributed by atoms with Crippen molar-refractivity contribution in [2.45, 2.75) is 44.6 Å². The lowest BCUT2D eigenvalue weighted by Gasteiger charge is -2.33. The fourth-order valence-electron chi connectivity index (χ4n) is 3.48. The smallest absolute Gasteiger partial charge is 0.222 e. The lowest BCUT2D eigenvalue weighted by molar-refractivity contribution is -0.129. The second-order valence-electron chi connectivity index (χ2n) is 6.47. The molecule has 122 valence electrons. The average molecular weight is 307 g/mol. The number of aliphatic hydroxyl groups excluding tert-OH is 1. The maximum Gasteiger partial charge on any atom is 0.222 e. The highest BCUT2D eigenvalue weighted by Gasteiger charge is 2.27. The number of likely N-dealkylation sites (tertiary alicyclic amines) is 2. The van der Waals surface area contributed by atoms with Crippen LogP contribution < -0.4 is 0 Å². The molecule has 0 bridgehead atoms. The van der Waals surface area contributed by atoms with Crippen molar-refractivity contribution in [1.29, 1.82) is 0 Å². The van der Waals surface area contributed by atoms with Crippen LogP contribution >= 0.6 is 0 Å². The third kappa shape index (κ3) is 3.64. The number of nitrogens with one attached hydrogen (secondary N) is 1. The Morgan fingerprint density at radius 2 is 2.23 bits per heavy atom. The van der Waals surface area contributed by atoms with Gasteiger partial charge >= 0.3 is 0 Å². The standard InChI is InChI=1S/C15H25N5O2/c1-11-16-15(18-17-11)12-4-2-6-19(8-12)9-13(21)10-20-7-3-5-14(20)22/h12-13,21H,2-10H2,1H3,(H,16,17,18). The van der Waals surface area contributed by atoms with Crippen LogP contribution in [-0.4, -0.2) is 74.8 Å². The molecule has 2 saturated heterocycles. The van der Waals surface area contributed by atoms with E-state index in [0.717, 1.165) is 50.5 Å². The number of aryl methyl sites for hydroxylation is 1. The molecule has 2 unspecified atom stereocenters. The number of amides is 1. The van der Waals surface area contributed by atoms with E-state index in [9.17, 15) is 9.90 Å². The van der Waals surface area contributed by atoms with Crippen LogP contribution in [0.4, 0.5) is 0 Å². The van der Waals surface area contributed by atoms with Crippen LogP contribution in [0.3, 0.4) is 0 Å². The Bertz CT molecular complexity index is 518. The van der Waals surface area contributed by atoms with Gasteiger partial charge in [-0.2, -0.15) is 5.10 Å². The Morgan fingerprint density at radius 1 is 1.36 bits per heavy atom. The van der Waals surface area contributed by atoms with E-state index in [1.807, 2.05) is 6.92 Å². The summed E-state index contributed by atoms with van der Waals surface area (Å²) in [5.74, 6) is 2.23. The monoisotopic (exact) mass is 307 g/mol. The highest BCUT2D eigenvalue weighted by atomic mass is 16.3. The molecule has 1 amide bonds. The van der Waals surface area contributed by atoms with Gasteiger partial charge in [0.05, 0.1) is 6.10 Å². The third-order valence-electron chi connectivity index (χ3n) is 4.56. The Morgan fingerprint density at radius 3 is 2.91 bits per heavy atom. The van der Waals surface area contributed by atoms with Gasteiger partial charge in [0.1, 0.15) is 5.82 Å². The Labute approximate surface area is 130 Å². The van der Waals surface area contributed by atoms with Crippen LogP contribution in [0.25, 0.3) is 0 Å². The first-order valence-electron chi connectivity index (χ1n) is 8.19. The van der Waals surface area contributed by atoms with Gasteiger partial charge in [-0.1, -0.05) is 0 Å². The minimum Gasteiger partial charge on any atom is -0.390 e. The molecule has 7 heteroatoms. The zero-order chi connectivity index (χ0) is 15.5. The van der Waals surface area contributed by atoms with E-state index in [2.05, 4.69) is 20.1 Å². The molecular weight excluding hydrogens is 282 g/mol. The molecule has 0 radical (unpaired) electrons. The quantitative estimate of drug-likeness (QED) is 0.816. The predicted octanol–water partition coefficient (Wildman–Crippen LogP) is 0.276. The summed E-state index contributed by atoms with van der Waals surface area (Å²) in [5, 5.41) is 17.4. The summed E-state index contributed by atoms with van der Waals surface area (Å²) in [5.41, 5.74) is 0. The van der Waals surface area contributed by atoms with Gasteiger partial charge in [-0.3, -0.25) is 14.8 Å². The number of aliphatic hydroxyl groups is 1. The number of nitrogens with zero attached hydrogens (tertiary/aromatic N) is 4. The van der Waals surface area contributed by atoms with Crippen molar-refractivity contribution in [3.8, 4) is 0 Å². The number of β-amino-alcohol motifs (C(OH)–C–C–N with tert-alkyl or cyclic N) is 1. The molecule has 2 aliphatic rings. The van der Waals surface area contributed by atoms with Crippen molar-refractivity contribution in [3.05, 3.63) is 11.6 Å². The van der Waals surface area contributed by atoms with Gasteiger partial charge in [0.2, 0.25) is 5.91 Å². The van der Waals surface area contributed by atoms with Crippen LogP contribution in [0.5, 0.6) is 0 Å². The number of rotatable bonds is 5. The van der Waals surface area contributed by atoms with Gasteiger partial charge in [0, 0.05) is 38.5 Å². The zero-order valence-electron chi connectivity index (χ0n) is 13.2. The number of piperidine rings is 1. The minimum absolute atomic E-state index is 0.173. The second-order valence-corrected chi connectivity index (χ2v) is 6.47. The van der Waals surface area contributed by atoms with E-state index in [1.54, 1.807) is 4.90 Å². The maximum atomic E-state index is 11.6. The molecule has 2 fully saturated rings. The van der Waals surface area contributed by atoms with E-state index in [1.165, 1.54) is 0 Å². The van der Waals surface area contributed by atoms with Crippen molar-refractivity contribution in [2.24, 2.45) is 0 Å². The summed E-state index contributed by atoms with van der Waals surface area (Å²) < 4.78 is 0. The highest BCUT2D eigenvalue weighted by Crippen LogP contribution is 2.24. The molecule has 0 aromatic carbocycles. The maximum absolute atomic E-state index is 11.6. The summed E-state index contributed by atoms with van der Waals surface area (Å²) in [6.07, 6.45) is 3.25. The van der Waals surface area contributed by atoms with E-state index < -0.39 is 6.10 Å². The summed E-state index contributed by atoms with van der Waals surface area (Å²) in [4.78, 5) is 20.1. The second kappa shape index (κ2) is 6.75. The van der Waals surface area contributed by atoms with E-state index >= 15 is 0 Å². The molecule has 1 aromatic rings. The summed E-state index contributed by atoms with van der Waals surface area (Å²) in [6, 6.07) is 0. The normalized spacial score (nSPS) is 24.9. The minimum atomic E-state index is -0.477. The molecule has 2 aliphatic heterocycles. The number of H-pyrrole nitrogens is 1. The van der Waals surface area contributed by atoms with E-state index in [-0.39, 0.29) is 5.91 Å². The first kappa shape index (κ1) is 15.4. The molecule has 3 rings (SSSR count). The number of aromatic nitrogens is 3. The first-order chi connectivity index (χ1) is 10.6. The molecule has 22 heavy (non-hydrogen) atoms. The molecule has 0 aliphatic carbocycles. The first-order valence-corrected chi connectivity index (χ1v) is 8.19. The highest BCUT2D eigenvalue weighted by molar-refractivity contribution is 5.78.